The van der Waals surface area contributed by atoms with Gasteiger partial charge in [0.15, 0.2) is 0 Å². The normalized spacial score (nSPS) is 21.5. The molecular formula is C101H134O21. The van der Waals surface area contributed by atoms with Gasteiger partial charge in [-0.05, 0) is 379 Å². The number of phenols is 3. The molecule has 4 bridgehead atoms. The van der Waals surface area contributed by atoms with E-state index in [4.69, 9.17) is 58.0 Å². The van der Waals surface area contributed by atoms with E-state index in [1.807, 2.05) is 125 Å². The number of fused-ring (bicyclic) bond motifs is 8. The van der Waals surface area contributed by atoms with Crippen LogP contribution in [0.2, 0.25) is 0 Å². The van der Waals surface area contributed by atoms with Crippen molar-refractivity contribution >= 4 is 53.7 Å². The summed E-state index contributed by atoms with van der Waals surface area (Å²) in [5.41, 5.74) is -2.95. The summed E-state index contributed by atoms with van der Waals surface area (Å²) in [5.74, 6) is 8.84. The van der Waals surface area contributed by atoms with Crippen molar-refractivity contribution in [2.75, 3.05) is 0 Å². The largest absolute Gasteiger partial charge is 0.508 e. The van der Waals surface area contributed by atoms with Crippen molar-refractivity contribution < 1.29 is 101 Å². The predicted molar refractivity (Wildman–Crippen MR) is 466 cm³/mol. The zero-order chi connectivity index (χ0) is 89.7. The van der Waals surface area contributed by atoms with Crippen molar-refractivity contribution in [1.29, 1.82) is 0 Å². The Morgan fingerprint density at radius 2 is 0.525 bits per heavy atom. The number of benzene rings is 6. The third-order valence-corrected chi connectivity index (χ3v) is 26.9. The molecule has 122 heavy (non-hydrogen) atoms. The van der Waals surface area contributed by atoms with Crippen LogP contribution < -0.4 is 42.6 Å². The van der Waals surface area contributed by atoms with Crippen LogP contribution >= 0.6 is 0 Å². The zero-order valence-corrected chi connectivity index (χ0v) is 75.2. The maximum absolute atomic E-state index is 12.7. The molecule has 6 aromatic carbocycles. The Morgan fingerprint density at radius 3 is 0.828 bits per heavy atom. The third kappa shape index (κ3) is 27.5. The number of aromatic hydroxyl groups is 3. The quantitative estimate of drug-likeness (QED) is 0.0375. The van der Waals surface area contributed by atoms with Crippen LogP contribution in [0, 0.1) is 97.6 Å². The molecule has 21 heteroatoms. The lowest BCUT2D eigenvalue weighted by molar-refractivity contribution is -0.144. The van der Waals surface area contributed by atoms with Crippen LogP contribution in [0.25, 0.3) is 0 Å². The molecule has 7 fully saturated rings. The van der Waals surface area contributed by atoms with E-state index < -0.39 is 32.5 Å². The first-order chi connectivity index (χ1) is 57.5. The van der Waals surface area contributed by atoms with Crippen LogP contribution in [0.1, 0.15) is 259 Å². The summed E-state index contributed by atoms with van der Waals surface area (Å²) < 4.78 is 48.5. The molecule has 13 rings (SSSR count). The molecule has 3 N–H and O–H groups in total. The average molecular weight is 1680 g/mol. The number of carbonyl (C=O) groups excluding carboxylic acids is 9. The maximum atomic E-state index is 12.7. The van der Waals surface area contributed by atoms with Gasteiger partial charge in [-0.3, -0.25) is 43.2 Å². The summed E-state index contributed by atoms with van der Waals surface area (Å²) in [6.45, 7) is 34.0. The van der Waals surface area contributed by atoms with Crippen molar-refractivity contribution in [2.45, 2.75) is 259 Å². The third-order valence-electron chi connectivity index (χ3n) is 26.9. The van der Waals surface area contributed by atoms with Gasteiger partial charge in [0.1, 0.15) is 69.0 Å². The van der Waals surface area contributed by atoms with Gasteiger partial charge in [-0.15, -0.1) is 0 Å². The Balaban J connectivity index is 0.000000185. The van der Waals surface area contributed by atoms with E-state index in [-0.39, 0.29) is 88.7 Å². The fourth-order valence-corrected chi connectivity index (χ4v) is 16.0. The van der Waals surface area contributed by atoms with Crippen LogP contribution in [0.5, 0.6) is 69.0 Å². The van der Waals surface area contributed by atoms with Crippen LogP contribution in [0.4, 0.5) is 0 Å². The summed E-state index contributed by atoms with van der Waals surface area (Å²) in [4.78, 5) is 109. The number of esters is 9. The monoisotopic (exact) mass is 1680 g/mol. The summed E-state index contributed by atoms with van der Waals surface area (Å²) in [6.07, 6.45) is 22.1. The fourth-order valence-electron chi connectivity index (χ4n) is 16.0. The molecule has 0 saturated heterocycles. The summed E-state index contributed by atoms with van der Waals surface area (Å²) >= 11 is 0. The average Bonchev–Trinajstić information content (AvgIpc) is 1.59. The smallest absolute Gasteiger partial charge is 0.316 e. The molecule has 6 aromatic rings. The second-order valence-electron chi connectivity index (χ2n) is 37.9. The molecule has 0 aromatic heterocycles. The van der Waals surface area contributed by atoms with E-state index >= 15 is 0 Å². The van der Waals surface area contributed by atoms with Crippen LogP contribution in [-0.4, -0.2) is 69.0 Å². The van der Waals surface area contributed by atoms with Gasteiger partial charge >= 0.3 is 53.7 Å². The van der Waals surface area contributed by atoms with Gasteiger partial charge in [0.2, 0.25) is 0 Å². The Kier molecular flexibility index (Phi) is 34.6. The molecule has 0 amide bonds. The summed E-state index contributed by atoms with van der Waals surface area (Å²) in [7, 11) is 0. The molecule has 7 saturated carbocycles. The van der Waals surface area contributed by atoms with E-state index in [9.17, 15) is 43.2 Å². The van der Waals surface area contributed by atoms with E-state index in [2.05, 4.69) is 0 Å². The number of carbonyl (C=O) groups is 9. The maximum Gasteiger partial charge on any atom is 0.316 e. The lowest BCUT2D eigenvalue weighted by Gasteiger charge is -2.30. The number of rotatable bonds is 24. The molecule has 664 valence electrons. The molecule has 0 aliphatic heterocycles. The Morgan fingerprint density at radius 1 is 0.254 bits per heavy atom. The van der Waals surface area contributed by atoms with Gasteiger partial charge in [0, 0.05) is 0 Å². The number of ether oxygens (including phenoxy) is 9. The first-order valence-corrected chi connectivity index (χ1v) is 44.2. The number of hydrogen-bond donors (Lipinski definition) is 3. The lowest BCUT2D eigenvalue weighted by Crippen LogP contribution is -2.32. The fraction of sp³-hybridized carbons (Fsp3) is 0.554. The first-order valence-electron chi connectivity index (χ1n) is 44.2. The zero-order valence-electron chi connectivity index (χ0n) is 75.2. The van der Waals surface area contributed by atoms with E-state index in [0.29, 0.717) is 88.8 Å². The molecule has 11 unspecified atom stereocenters. The number of hydrogen-bond acceptors (Lipinski definition) is 21. The second-order valence-corrected chi connectivity index (χ2v) is 37.9. The highest BCUT2D eigenvalue weighted by Crippen LogP contribution is 2.61. The van der Waals surface area contributed by atoms with E-state index in [1.54, 1.807) is 109 Å². The lowest BCUT2D eigenvalue weighted by atomic mass is 9.76. The predicted octanol–water partition coefficient (Wildman–Crippen LogP) is 22.7. The van der Waals surface area contributed by atoms with Crippen LogP contribution in [0.3, 0.4) is 0 Å². The van der Waals surface area contributed by atoms with Crippen LogP contribution in [0.15, 0.2) is 146 Å². The molecule has 0 heterocycles. The summed E-state index contributed by atoms with van der Waals surface area (Å²) in [5, 5.41) is 27.2. The molecule has 11 atom stereocenters. The summed E-state index contributed by atoms with van der Waals surface area (Å²) in [6, 6.07) is 38.6. The van der Waals surface area contributed by atoms with Gasteiger partial charge < -0.3 is 58.0 Å². The Hall–Kier alpha value is -10.1. The van der Waals surface area contributed by atoms with Crippen molar-refractivity contribution in [3.05, 3.63) is 146 Å². The van der Waals surface area contributed by atoms with Crippen LogP contribution in [-0.2, 0) is 43.2 Å². The van der Waals surface area contributed by atoms with Crippen molar-refractivity contribution in [2.24, 2.45) is 97.6 Å². The topological polar surface area (TPSA) is 297 Å². The van der Waals surface area contributed by atoms with Crippen molar-refractivity contribution in [3.8, 4) is 69.0 Å². The van der Waals surface area contributed by atoms with Gasteiger partial charge in [0.25, 0.3) is 0 Å². The highest BCUT2D eigenvalue weighted by atomic mass is 16.6. The number of phenolic OH excluding ortho intramolecular Hbond substituents is 3. The minimum atomic E-state index is -0.510. The molecule has 21 nitrogen and oxygen atoms in total. The molecule has 0 spiro atoms. The SMILES string of the molecule is CCC(C)(C)C(=O)Oc1ccc(O)cc1.CCC(C)(C)C(=O)Oc1ccc(O)cc1.CCC(C)(C)C(=O)Oc1ccc(O)cc1.CCC(C)(C)C(=O)Oc1ccc(OC(=O)C2CC3CC2C2CCCC32)cc1.CCC(C)(C)C(=O)Oc1ccc(OC(=O)C2CC3CCC2C3)cc1.CCC(C)(C)C(=O)Oc1ccc(OC(=O)C2CCC3CCCC3C2)cc1. The van der Waals surface area contributed by atoms with Crippen molar-refractivity contribution in [1.82, 2.24) is 0 Å². The molecule has 0 radical (unpaired) electrons. The molecule has 7 aliphatic rings. The van der Waals surface area contributed by atoms with Gasteiger partial charge in [-0.1, -0.05) is 73.6 Å². The standard InChI is InChI=1S/C23H30O4.C22H30O4.C20H26O4.3C12H16O3/c1-4-23(2,3)22(25)27-16-10-8-15(9-11-16)26-21(24)20-13-14-12-19(20)18-7-5-6-17(14)18;1-4-22(2,3)21(24)26-19-12-10-18(11-13-19)25-20(23)17-9-8-15-6-5-7-16(15)14-17;1-4-20(2,3)19(22)24-16-9-7-15(8-10-16)23-18(21)17-12-13-5-6-14(17)11-13;3*1-4-12(2,3)11(14)15-10-7-5-9(13)6-8-10/h8-11,14,17-20H,4-7,12-13H2,1-3H3;10-13,15-17H,4-9,14H2,1-3H3;7-10,13-14,17H,4-6,11-12H2,1-3H3;3*5-8,13H,4H2,1-3H3. The highest BCUT2D eigenvalue weighted by molar-refractivity contribution is 5.82. The molecular weight excluding hydrogens is 1550 g/mol. The van der Waals surface area contributed by atoms with Crippen molar-refractivity contribution in [3.63, 3.8) is 0 Å². The Bertz CT molecular complexity index is 4270. The first kappa shape index (κ1) is 97.4. The minimum absolute atomic E-state index is 0.0252. The van der Waals surface area contributed by atoms with Gasteiger partial charge in [0.05, 0.1) is 50.2 Å². The highest BCUT2D eigenvalue weighted by Gasteiger charge is 2.56. The van der Waals surface area contributed by atoms with E-state index in [1.165, 1.54) is 94.2 Å². The van der Waals surface area contributed by atoms with E-state index in [0.717, 1.165) is 87.4 Å². The Labute approximate surface area is 722 Å². The van der Waals surface area contributed by atoms with Gasteiger partial charge in [-0.25, -0.2) is 0 Å². The molecule has 7 aliphatic carbocycles. The minimum Gasteiger partial charge on any atom is -0.508 e. The van der Waals surface area contributed by atoms with Gasteiger partial charge in [-0.2, -0.15) is 0 Å². The second kappa shape index (κ2) is 43.3.